The lowest BCUT2D eigenvalue weighted by Crippen LogP contribution is -2.27. The van der Waals surface area contributed by atoms with Gasteiger partial charge >= 0.3 is 12.0 Å². The van der Waals surface area contributed by atoms with E-state index >= 15 is 0 Å². The molecular weight excluding hydrogens is 368 g/mol. The Kier molecular flexibility index (Phi) is 5.97. The predicted octanol–water partition coefficient (Wildman–Crippen LogP) is 3.79. The van der Waals surface area contributed by atoms with Crippen LogP contribution in [-0.2, 0) is 9.53 Å². The molecule has 0 saturated carbocycles. The van der Waals surface area contributed by atoms with Crippen molar-refractivity contribution in [3.05, 3.63) is 53.6 Å². The summed E-state index contributed by atoms with van der Waals surface area (Å²) in [6.45, 7) is 2.07. The summed E-state index contributed by atoms with van der Waals surface area (Å²) in [5, 5.41) is 2.81. The number of amides is 2. The molecule has 7 nitrogen and oxygen atoms in total. The molecule has 0 saturated heterocycles. The van der Waals surface area contributed by atoms with Gasteiger partial charge in [0, 0.05) is 37.3 Å². The highest BCUT2D eigenvalue weighted by Gasteiger charge is 2.17. The first-order chi connectivity index (χ1) is 13.9. The minimum absolute atomic E-state index is 0.185. The number of carbonyl (C=O) groups excluding carboxylic acids is 2. The molecule has 0 aromatic heterocycles. The van der Waals surface area contributed by atoms with Crippen LogP contribution in [0.5, 0.6) is 0 Å². The van der Waals surface area contributed by atoms with Gasteiger partial charge in [-0.25, -0.2) is 14.6 Å². The summed E-state index contributed by atoms with van der Waals surface area (Å²) in [4.78, 5) is 29.8. The Hall–Kier alpha value is -3.61. The van der Waals surface area contributed by atoms with Crippen LogP contribution in [0.2, 0.25) is 0 Å². The third kappa shape index (κ3) is 4.82. The smallest absolute Gasteiger partial charge is 0.334 e. The first kappa shape index (κ1) is 20.1. The minimum atomic E-state index is -0.384. The van der Waals surface area contributed by atoms with Crippen molar-refractivity contribution in [2.75, 3.05) is 26.0 Å². The molecule has 1 aliphatic rings. The van der Waals surface area contributed by atoms with E-state index < -0.39 is 0 Å². The van der Waals surface area contributed by atoms with Crippen molar-refractivity contribution in [3.8, 4) is 11.1 Å². The second-order valence-electron chi connectivity index (χ2n) is 6.85. The summed E-state index contributed by atoms with van der Waals surface area (Å²) in [5.41, 5.74) is 10.6. The molecule has 3 N–H and O–H groups in total. The fourth-order valence-electron chi connectivity index (χ4n) is 2.92. The number of hydrogen-bond acceptors (Lipinski definition) is 5. The Morgan fingerprint density at radius 3 is 2.48 bits per heavy atom. The molecule has 150 valence electrons. The number of fused-ring (bicyclic) bond motifs is 1. The molecule has 0 bridgehead atoms. The first-order valence-corrected chi connectivity index (χ1v) is 9.31. The number of nitrogens with one attached hydrogen (secondary N) is 1. The van der Waals surface area contributed by atoms with Crippen LogP contribution >= 0.6 is 0 Å². The molecule has 2 amide bonds. The zero-order valence-corrected chi connectivity index (χ0v) is 16.7. The Bertz CT molecular complexity index is 992. The van der Waals surface area contributed by atoms with E-state index in [1.54, 1.807) is 27.1 Å². The number of rotatable bonds is 4. The number of nitrogens with zero attached hydrogens (tertiary/aromatic N) is 2. The monoisotopic (exact) mass is 392 g/mol. The molecule has 0 radical (unpaired) electrons. The van der Waals surface area contributed by atoms with Crippen molar-refractivity contribution in [3.63, 3.8) is 0 Å². The van der Waals surface area contributed by atoms with Crippen molar-refractivity contribution >= 4 is 35.3 Å². The number of carbonyl (C=O) groups is 2. The van der Waals surface area contributed by atoms with Crippen LogP contribution in [0.25, 0.3) is 17.2 Å². The van der Waals surface area contributed by atoms with Gasteiger partial charge in [0.05, 0.1) is 12.3 Å². The highest BCUT2D eigenvalue weighted by atomic mass is 16.5. The Morgan fingerprint density at radius 2 is 1.83 bits per heavy atom. The first-order valence-electron chi connectivity index (χ1n) is 9.31. The van der Waals surface area contributed by atoms with Crippen LogP contribution in [0.15, 0.2) is 53.0 Å². The number of amidine groups is 1. The van der Waals surface area contributed by atoms with Gasteiger partial charge in [0.1, 0.15) is 5.84 Å². The molecule has 29 heavy (non-hydrogen) atoms. The van der Waals surface area contributed by atoms with Gasteiger partial charge < -0.3 is 20.7 Å². The molecule has 0 aliphatic carbocycles. The van der Waals surface area contributed by atoms with Crippen LogP contribution in [-0.4, -0.2) is 43.4 Å². The normalized spacial score (nSPS) is 12.8. The Balaban J connectivity index is 1.91. The molecule has 2 aromatic carbocycles. The van der Waals surface area contributed by atoms with E-state index in [1.165, 1.54) is 4.90 Å². The maximum Gasteiger partial charge on any atom is 0.334 e. The number of hydrogen-bond donors (Lipinski definition) is 2. The lowest BCUT2D eigenvalue weighted by Gasteiger charge is -2.12. The van der Waals surface area contributed by atoms with Crippen LogP contribution in [0.1, 0.15) is 18.9 Å². The molecule has 7 heteroatoms. The fourth-order valence-corrected chi connectivity index (χ4v) is 2.92. The fraction of sp³-hybridized carbons (Fsp3) is 0.227. The Labute approximate surface area is 169 Å². The molecule has 2 aromatic rings. The third-order valence-corrected chi connectivity index (χ3v) is 4.41. The van der Waals surface area contributed by atoms with Gasteiger partial charge in [-0.05, 0) is 48.4 Å². The Morgan fingerprint density at radius 1 is 1.14 bits per heavy atom. The van der Waals surface area contributed by atoms with E-state index in [0.29, 0.717) is 29.4 Å². The maximum atomic E-state index is 12.2. The van der Waals surface area contributed by atoms with Crippen molar-refractivity contribution in [2.45, 2.75) is 13.3 Å². The summed E-state index contributed by atoms with van der Waals surface area (Å²) < 4.78 is 5.12. The van der Waals surface area contributed by atoms with E-state index in [2.05, 4.69) is 10.3 Å². The summed E-state index contributed by atoms with van der Waals surface area (Å²) in [6.07, 6.45) is 2.04. The topological polar surface area (TPSA) is 97.0 Å². The van der Waals surface area contributed by atoms with Crippen molar-refractivity contribution in [2.24, 2.45) is 10.7 Å². The van der Waals surface area contributed by atoms with Crippen LogP contribution < -0.4 is 11.1 Å². The van der Waals surface area contributed by atoms with Crippen molar-refractivity contribution in [1.82, 2.24) is 4.90 Å². The van der Waals surface area contributed by atoms with E-state index in [1.807, 2.05) is 42.5 Å². The lowest BCUT2D eigenvalue weighted by molar-refractivity contribution is -0.138. The number of anilines is 1. The standard InChI is InChI=1S/C22H24N4O3/c1-4-29-21(27)17-12-16-11-15(7-10-19(16)25-20(23)13-17)14-5-8-18(9-6-14)24-22(28)26(2)3/h5-12H,4,13H2,1-3H3,(H2,23,25)(H,24,28). The highest BCUT2D eigenvalue weighted by molar-refractivity contribution is 6.03. The average molecular weight is 392 g/mol. The zero-order chi connectivity index (χ0) is 21.0. The molecule has 0 spiro atoms. The summed E-state index contributed by atoms with van der Waals surface area (Å²) >= 11 is 0. The van der Waals surface area contributed by atoms with Crippen LogP contribution in [0, 0.1) is 0 Å². The van der Waals surface area contributed by atoms with Gasteiger partial charge in [-0.15, -0.1) is 0 Å². The van der Waals surface area contributed by atoms with Gasteiger partial charge in [-0.1, -0.05) is 18.2 Å². The van der Waals surface area contributed by atoms with Gasteiger partial charge in [0.15, 0.2) is 0 Å². The predicted molar refractivity (Wildman–Crippen MR) is 115 cm³/mol. The van der Waals surface area contributed by atoms with E-state index in [9.17, 15) is 9.59 Å². The summed E-state index contributed by atoms with van der Waals surface area (Å²) in [5.74, 6) is -0.0123. The summed E-state index contributed by atoms with van der Waals surface area (Å²) in [7, 11) is 3.37. The van der Waals surface area contributed by atoms with Gasteiger partial charge in [0.2, 0.25) is 0 Å². The maximum absolute atomic E-state index is 12.2. The number of ether oxygens (including phenoxy) is 1. The average Bonchev–Trinajstić information content (AvgIpc) is 2.86. The number of nitrogens with two attached hydrogens (primary N) is 1. The zero-order valence-electron chi connectivity index (χ0n) is 16.7. The molecule has 0 atom stereocenters. The SMILES string of the molecule is CCOC(=O)C1=Cc2cc(-c3ccc(NC(=O)N(C)C)cc3)ccc2N=C(N)C1. The molecule has 0 unspecified atom stereocenters. The number of aliphatic imine (C=N–C) groups is 1. The van der Waals surface area contributed by atoms with Gasteiger partial charge in [0.25, 0.3) is 0 Å². The van der Waals surface area contributed by atoms with E-state index in [4.69, 9.17) is 10.5 Å². The highest BCUT2D eigenvalue weighted by Crippen LogP contribution is 2.32. The minimum Gasteiger partial charge on any atom is -0.463 e. The van der Waals surface area contributed by atoms with Crippen LogP contribution in [0.3, 0.4) is 0 Å². The third-order valence-electron chi connectivity index (χ3n) is 4.41. The number of esters is 1. The number of urea groups is 1. The second kappa shape index (κ2) is 8.60. The molecule has 1 aliphatic heterocycles. The quantitative estimate of drug-likeness (QED) is 0.774. The number of benzene rings is 2. The van der Waals surface area contributed by atoms with Crippen molar-refractivity contribution in [1.29, 1.82) is 0 Å². The largest absolute Gasteiger partial charge is 0.463 e. The van der Waals surface area contributed by atoms with E-state index in [-0.39, 0.29) is 18.4 Å². The molecule has 1 heterocycles. The van der Waals surface area contributed by atoms with Crippen molar-refractivity contribution < 1.29 is 14.3 Å². The van der Waals surface area contributed by atoms with Gasteiger partial charge in [-0.3, -0.25) is 0 Å². The second-order valence-corrected chi connectivity index (χ2v) is 6.85. The molecular formula is C22H24N4O3. The van der Waals surface area contributed by atoms with Crippen LogP contribution in [0.4, 0.5) is 16.2 Å². The van der Waals surface area contributed by atoms with Gasteiger partial charge in [-0.2, -0.15) is 0 Å². The molecule has 3 rings (SSSR count). The molecule has 0 fully saturated rings. The van der Waals surface area contributed by atoms with E-state index in [0.717, 1.165) is 16.7 Å². The summed E-state index contributed by atoms with van der Waals surface area (Å²) in [6, 6.07) is 13.2. The lowest BCUT2D eigenvalue weighted by atomic mass is 10.00.